The van der Waals surface area contributed by atoms with Gasteiger partial charge in [0.25, 0.3) is 0 Å². The summed E-state index contributed by atoms with van der Waals surface area (Å²) in [5, 5.41) is 16.6. The Balaban J connectivity index is 1.93. The Morgan fingerprint density at radius 2 is 2.22 bits per heavy atom. The van der Waals surface area contributed by atoms with Crippen LogP contribution < -0.4 is 0 Å². The van der Waals surface area contributed by atoms with Gasteiger partial charge in [0.05, 0.1) is 0 Å². The van der Waals surface area contributed by atoms with Gasteiger partial charge in [-0.25, -0.2) is 0 Å². The van der Waals surface area contributed by atoms with Gasteiger partial charge >= 0.3 is 5.97 Å². The van der Waals surface area contributed by atoms with Crippen LogP contribution in [0.25, 0.3) is 11.4 Å². The Bertz CT molecular complexity index is 651. The molecule has 124 valence electrons. The largest absolute Gasteiger partial charge is 0.480 e. The number of hydrogen-bond donors (Lipinski definition) is 1. The molecule has 0 spiro atoms. The number of carboxylic acid groups (broad SMARTS) is 1. The molecule has 1 amide bonds. The van der Waals surface area contributed by atoms with Gasteiger partial charge in [0.2, 0.25) is 17.6 Å². The monoisotopic (exact) mass is 337 g/mol. The van der Waals surface area contributed by atoms with Crippen molar-refractivity contribution in [2.24, 2.45) is 5.92 Å². The van der Waals surface area contributed by atoms with E-state index in [0.717, 1.165) is 5.56 Å². The van der Waals surface area contributed by atoms with Crippen LogP contribution in [0.1, 0.15) is 26.2 Å². The molecule has 0 unspecified atom stereocenters. The molecule has 0 aromatic carbocycles. The number of amides is 1. The zero-order valence-corrected chi connectivity index (χ0v) is 13.9. The highest BCUT2D eigenvalue weighted by Crippen LogP contribution is 2.19. The second-order valence-corrected chi connectivity index (χ2v) is 6.37. The number of aromatic nitrogens is 2. The molecule has 2 aromatic heterocycles. The maximum Gasteiger partial charge on any atom is 0.323 e. The van der Waals surface area contributed by atoms with E-state index in [1.807, 2.05) is 30.7 Å². The SMILES string of the molecule is CC(C)CN(CC(=O)O)C(=O)CCc1nc(-c2ccsc2)no1. The molecule has 7 nitrogen and oxygen atoms in total. The summed E-state index contributed by atoms with van der Waals surface area (Å²) in [7, 11) is 0. The first-order valence-corrected chi connectivity index (χ1v) is 8.24. The lowest BCUT2D eigenvalue weighted by Gasteiger charge is -2.22. The first-order valence-electron chi connectivity index (χ1n) is 7.30. The molecule has 2 heterocycles. The van der Waals surface area contributed by atoms with Crippen molar-refractivity contribution in [3.05, 3.63) is 22.7 Å². The molecule has 0 fully saturated rings. The zero-order chi connectivity index (χ0) is 16.8. The molecule has 0 saturated carbocycles. The summed E-state index contributed by atoms with van der Waals surface area (Å²) in [6, 6.07) is 1.89. The van der Waals surface area contributed by atoms with E-state index in [1.165, 1.54) is 16.2 Å². The van der Waals surface area contributed by atoms with Gasteiger partial charge in [-0.3, -0.25) is 9.59 Å². The van der Waals surface area contributed by atoms with E-state index in [9.17, 15) is 9.59 Å². The van der Waals surface area contributed by atoms with Crippen molar-refractivity contribution in [1.29, 1.82) is 0 Å². The summed E-state index contributed by atoms with van der Waals surface area (Å²) >= 11 is 1.54. The smallest absolute Gasteiger partial charge is 0.323 e. The van der Waals surface area contributed by atoms with Crippen LogP contribution in [-0.4, -0.2) is 45.1 Å². The number of rotatable bonds is 8. The number of carbonyl (C=O) groups is 2. The van der Waals surface area contributed by atoms with Crippen LogP contribution in [-0.2, 0) is 16.0 Å². The molecule has 0 bridgehead atoms. The molecule has 0 aliphatic carbocycles. The van der Waals surface area contributed by atoms with Crippen molar-refractivity contribution in [1.82, 2.24) is 15.0 Å². The molecular formula is C15H19N3O4S. The molecule has 1 N–H and O–H groups in total. The van der Waals surface area contributed by atoms with E-state index in [4.69, 9.17) is 9.63 Å². The molecule has 2 aromatic rings. The molecule has 2 rings (SSSR count). The number of hydrogen-bond acceptors (Lipinski definition) is 6. The van der Waals surface area contributed by atoms with Crippen LogP contribution in [0, 0.1) is 5.92 Å². The number of carbonyl (C=O) groups excluding carboxylic acids is 1. The van der Waals surface area contributed by atoms with Crippen molar-refractivity contribution < 1.29 is 19.2 Å². The van der Waals surface area contributed by atoms with Gasteiger partial charge in [0, 0.05) is 30.3 Å². The fourth-order valence-electron chi connectivity index (χ4n) is 2.10. The minimum atomic E-state index is -1.02. The Labute approximate surface area is 137 Å². The first-order chi connectivity index (χ1) is 11.0. The standard InChI is InChI=1S/C15H19N3O4S/c1-10(2)7-18(8-14(20)21)13(19)4-3-12-16-15(17-22-12)11-5-6-23-9-11/h5-6,9-10H,3-4,7-8H2,1-2H3,(H,20,21). The molecule has 0 saturated heterocycles. The molecule has 0 radical (unpaired) electrons. The quantitative estimate of drug-likeness (QED) is 0.794. The number of nitrogens with zero attached hydrogens (tertiary/aromatic N) is 3. The van der Waals surface area contributed by atoms with Crippen LogP contribution in [0.4, 0.5) is 0 Å². The summed E-state index contributed by atoms with van der Waals surface area (Å²) in [5.41, 5.74) is 0.878. The van der Waals surface area contributed by atoms with Gasteiger partial charge in [0.1, 0.15) is 6.54 Å². The number of carboxylic acids is 1. The lowest BCUT2D eigenvalue weighted by atomic mass is 10.2. The summed E-state index contributed by atoms with van der Waals surface area (Å²) in [4.78, 5) is 28.7. The fraction of sp³-hybridized carbons (Fsp3) is 0.467. The van der Waals surface area contributed by atoms with Crippen molar-refractivity contribution in [3.63, 3.8) is 0 Å². The molecule has 0 aliphatic heterocycles. The minimum absolute atomic E-state index is 0.144. The number of aryl methyl sites for hydroxylation is 1. The number of aliphatic carboxylic acids is 1. The van der Waals surface area contributed by atoms with Crippen LogP contribution in [0.15, 0.2) is 21.3 Å². The first kappa shape index (κ1) is 17.1. The van der Waals surface area contributed by atoms with Gasteiger partial charge in [-0.2, -0.15) is 16.3 Å². The summed E-state index contributed by atoms with van der Waals surface area (Å²) < 4.78 is 5.14. The van der Waals surface area contributed by atoms with Crippen LogP contribution in [0.5, 0.6) is 0 Å². The van der Waals surface area contributed by atoms with Gasteiger partial charge in [-0.05, 0) is 17.4 Å². The highest BCUT2D eigenvalue weighted by Gasteiger charge is 2.19. The number of thiophene rings is 1. The summed E-state index contributed by atoms with van der Waals surface area (Å²) in [5.74, 6) is -0.169. The second-order valence-electron chi connectivity index (χ2n) is 5.59. The third-order valence-electron chi connectivity index (χ3n) is 3.06. The van der Waals surface area contributed by atoms with Crippen LogP contribution in [0.3, 0.4) is 0 Å². The van der Waals surface area contributed by atoms with E-state index in [2.05, 4.69) is 10.1 Å². The third kappa shape index (κ3) is 5.17. The van der Waals surface area contributed by atoms with E-state index in [1.54, 1.807) is 0 Å². The highest BCUT2D eigenvalue weighted by molar-refractivity contribution is 7.08. The fourth-order valence-corrected chi connectivity index (χ4v) is 2.73. The molecular weight excluding hydrogens is 318 g/mol. The van der Waals surface area contributed by atoms with E-state index < -0.39 is 5.97 Å². The van der Waals surface area contributed by atoms with Crippen LogP contribution >= 0.6 is 11.3 Å². The molecule has 23 heavy (non-hydrogen) atoms. The average molecular weight is 337 g/mol. The maximum absolute atomic E-state index is 12.2. The lowest BCUT2D eigenvalue weighted by Crippen LogP contribution is -2.38. The molecule has 0 aliphatic rings. The Hall–Kier alpha value is -2.22. The zero-order valence-electron chi connectivity index (χ0n) is 13.1. The van der Waals surface area contributed by atoms with Crippen molar-refractivity contribution >= 4 is 23.2 Å². The van der Waals surface area contributed by atoms with E-state index in [-0.39, 0.29) is 24.8 Å². The van der Waals surface area contributed by atoms with Crippen molar-refractivity contribution in [3.8, 4) is 11.4 Å². The van der Waals surface area contributed by atoms with Crippen molar-refractivity contribution in [2.75, 3.05) is 13.1 Å². The van der Waals surface area contributed by atoms with Crippen molar-refractivity contribution in [2.45, 2.75) is 26.7 Å². The van der Waals surface area contributed by atoms with Gasteiger partial charge in [-0.1, -0.05) is 19.0 Å². The normalized spacial score (nSPS) is 10.9. The van der Waals surface area contributed by atoms with Gasteiger partial charge < -0.3 is 14.5 Å². The topological polar surface area (TPSA) is 96.5 Å². The Morgan fingerprint density at radius 1 is 1.43 bits per heavy atom. The molecule has 0 atom stereocenters. The summed E-state index contributed by atoms with van der Waals surface area (Å²) in [6.07, 6.45) is 0.440. The molecule has 8 heteroatoms. The van der Waals surface area contributed by atoms with E-state index >= 15 is 0 Å². The Morgan fingerprint density at radius 3 is 2.83 bits per heavy atom. The maximum atomic E-state index is 12.2. The third-order valence-corrected chi connectivity index (χ3v) is 3.75. The van der Waals surface area contributed by atoms with E-state index in [0.29, 0.717) is 24.7 Å². The Kier molecular flexibility index (Phi) is 5.86. The van der Waals surface area contributed by atoms with Gasteiger partial charge in [0.15, 0.2) is 0 Å². The predicted octanol–water partition coefficient (Wildman–Crippen LogP) is 2.30. The second kappa shape index (κ2) is 7.87. The van der Waals surface area contributed by atoms with Crippen LogP contribution in [0.2, 0.25) is 0 Å². The lowest BCUT2D eigenvalue weighted by molar-refractivity contribution is -0.144. The summed E-state index contributed by atoms with van der Waals surface area (Å²) in [6.45, 7) is 4.00. The predicted molar refractivity (Wildman–Crippen MR) is 85.0 cm³/mol. The van der Waals surface area contributed by atoms with Gasteiger partial charge in [-0.15, -0.1) is 0 Å². The highest BCUT2D eigenvalue weighted by atomic mass is 32.1. The average Bonchev–Trinajstić information content (AvgIpc) is 3.13. The minimum Gasteiger partial charge on any atom is -0.480 e.